The lowest BCUT2D eigenvalue weighted by atomic mass is 9.84. The second-order valence-electron chi connectivity index (χ2n) is 8.53. The van der Waals surface area contributed by atoms with E-state index < -0.39 is 17.7 Å². The van der Waals surface area contributed by atoms with Gasteiger partial charge in [0, 0.05) is 12.5 Å². The van der Waals surface area contributed by atoms with Crippen LogP contribution in [-0.2, 0) is 9.53 Å². The largest absolute Gasteiger partial charge is 0.444 e. The number of nitrogens with zero attached hydrogens (tertiary/aromatic N) is 1. The van der Waals surface area contributed by atoms with Crippen LogP contribution in [0, 0.1) is 0 Å². The number of nitrogens with one attached hydrogen (secondary N) is 1. The molecular formula is C24H29IN2O3. The SMILES string of the molecule is CC(C)(C)OC(=O)N[C@@H](C(=O)N1CCCC1I)C(c1ccccc1)c1ccccc1. The third-order valence-corrected chi connectivity index (χ3v) is 6.35. The molecule has 1 heterocycles. The van der Waals surface area contributed by atoms with Crippen molar-refractivity contribution in [3.8, 4) is 0 Å². The highest BCUT2D eigenvalue weighted by molar-refractivity contribution is 14.1. The van der Waals surface area contributed by atoms with Gasteiger partial charge >= 0.3 is 6.09 Å². The van der Waals surface area contributed by atoms with E-state index in [1.807, 2.05) is 86.3 Å². The average Bonchev–Trinajstić information content (AvgIpc) is 3.13. The second-order valence-corrected chi connectivity index (χ2v) is 9.97. The highest BCUT2D eigenvalue weighted by Gasteiger charge is 2.39. The predicted molar refractivity (Wildman–Crippen MR) is 127 cm³/mol. The zero-order chi connectivity index (χ0) is 21.7. The van der Waals surface area contributed by atoms with Gasteiger partial charge in [-0.3, -0.25) is 4.79 Å². The molecule has 1 N–H and O–H groups in total. The summed E-state index contributed by atoms with van der Waals surface area (Å²) in [6.45, 7) is 6.15. The summed E-state index contributed by atoms with van der Waals surface area (Å²) < 4.78 is 5.64. The van der Waals surface area contributed by atoms with Crippen LogP contribution < -0.4 is 5.32 Å². The first-order valence-corrected chi connectivity index (χ1v) is 11.5. The molecule has 0 spiro atoms. The summed E-state index contributed by atoms with van der Waals surface area (Å²) >= 11 is 2.31. The van der Waals surface area contributed by atoms with Gasteiger partial charge in [0.1, 0.15) is 11.6 Å². The van der Waals surface area contributed by atoms with Gasteiger partial charge in [0.05, 0.1) is 4.05 Å². The molecule has 6 heteroatoms. The molecule has 2 amide bonds. The van der Waals surface area contributed by atoms with Gasteiger partial charge in [-0.2, -0.15) is 0 Å². The van der Waals surface area contributed by atoms with E-state index in [2.05, 4.69) is 27.9 Å². The van der Waals surface area contributed by atoms with Gasteiger partial charge in [-0.25, -0.2) is 4.79 Å². The predicted octanol–water partition coefficient (Wildman–Crippen LogP) is 5.10. The van der Waals surface area contributed by atoms with Crippen LogP contribution in [0.25, 0.3) is 0 Å². The number of ether oxygens (including phenoxy) is 1. The minimum absolute atomic E-state index is 0.0736. The van der Waals surface area contributed by atoms with Crippen molar-refractivity contribution >= 4 is 34.6 Å². The van der Waals surface area contributed by atoms with Crippen LogP contribution in [0.1, 0.15) is 50.7 Å². The minimum atomic E-state index is -0.764. The fraction of sp³-hybridized carbons (Fsp3) is 0.417. The summed E-state index contributed by atoms with van der Waals surface area (Å²) in [5.74, 6) is -0.396. The first kappa shape index (κ1) is 22.6. The highest BCUT2D eigenvalue weighted by Crippen LogP contribution is 2.32. The first-order chi connectivity index (χ1) is 14.3. The van der Waals surface area contributed by atoms with Crippen molar-refractivity contribution in [1.29, 1.82) is 0 Å². The van der Waals surface area contributed by atoms with Gasteiger partial charge in [-0.1, -0.05) is 83.3 Å². The van der Waals surface area contributed by atoms with Crippen LogP contribution >= 0.6 is 22.6 Å². The Morgan fingerprint density at radius 3 is 2.00 bits per heavy atom. The Hall–Kier alpha value is -2.09. The van der Waals surface area contributed by atoms with Crippen molar-refractivity contribution in [3.63, 3.8) is 0 Å². The van der Waals surface area contributed by atoms with E-state index in [1.54, 1.807) is 0 Å². The number of carbonyl (C=O) groups excluding carboxylic acids is 2. The maximum Gasteiger partial charge on any atom is 0.408 e. The molecule has 1 aliphatic heterocycles. The Morgan fingerprint density at radius 1 is 1.03 bits per heavy atom. The fourth-order valence-electron chi connectivity index (χ4n) is 3.77. The summed E-state index contributed by atoms with van der Waals surface area (Å²) in [6, 6.07) is 19.0. The molecule has 1 saturated heterocycles. The Kier molecular flexibility index (Phi) is 7.39. The van der Waals surface area contributed by atoms with Crippen molar-refractivity contribution in [3.05, 3.63) is 71.8 Å². The Morgan fingerprint density at radius 2 is 1.57 bits per heavy atom. The number of amides is 2. The normalized spacial score (nSPS) is 17.6. The monoisotopic (exact) mass is 520 g/mol. The van der Waals surface area contributed by atoms with E-state index in [1.165, 1.54) is 0 Å². The molecule has 0 aromatic heterocycles. The molecule has 2 aromatic carbocycles. The quantitative estimate of drug-likeness (QED) is 0.339. The van der Waals surface area contributed by atoms with E-state index >= 15 is 0 Å². The lowest BCUT2D eigenvalue weighted by Gasteiger charge is -2.33. The molecule has 1 unspecified atom stereocenters. The van der Waals surface area contributed by atoms with Gasteiger partial charge in [0.25, 0.3) is 0 Å². The highest BCUT2D eigenvalue weighted by atomic mass is 127. The molecule has 30 heavy (non-hydrogen) atoms. The van der Waals surface area contributed by atoms with Crippen LogP contribution in [0.15, 0.2) is 60.7 Å². The first-order valence-electron chi connectivity index (χ1n) is 10.3. The van der Waals surface area contributed by atoms with Gasteiger partial charge in [-0.15, -0.1) is 0 Å². The van der Waals surface area contributed by atoms with Gasteiger partial charge < -0.3 is 15.0 Å². The molecule has 1 aliphatic rings. The topological polar surface area (TPSA) is 58.6 Å². The maximum absolute atomic E-state index is 13.7. The molecule has 1 fully saturated rings. The van der Waals surface area contributed by atoms with E-state index in [4.69, 9.17) is 4.74 Å². The molecule has 160 valence electrons. The van der Waals surface area contributed by atoms with Crippen molar-refractivity contribution in [1.82, 2.24) is 10.2 Å². The number of benzene rings is 2. The summed E-state index contributed by atoms with van der Waals surface area (Å²) in [4.78, 5) is 28.3. The van der Waals surface area contributed by atoms with Crippen LogP contribution in [-0.4, -0.2) is 39.1 Å². The van der Waals surface area contributed by atoms with Gasteiger partial charge in [0.2, 0.25) is 5.91 Å². The molecular weight excluding hydrogens is 491 g/mol. The van der Waals surface area contributed by atoms with Crippen molar-refractivity contribution in [2.24, 2.45) is 0 Å². The standard InChI is InChI=1S/C24H29IN2O3/c1-24(2,3)30-23(29)26-21(22(28)27-16-10-15-19(27)25)20(17-11-6-4-7-12-17)18-13-8-5-9-14-18/h4-9,11-14,19-21H,10,15-16H2,1-3H3,(H,26,29)/t19?,21-/m1/s1. The molecule has 3 rings (SSSR count). The van der Waals surface area contributed by atoms with Crippen LogP contribution in [0.3, 0.4) is 0 Å². The number of carbonyl (C=O) groups is 2. The molecule has 0 radical (unpaired) electrons. The van der Waals surface area contributed by atoms with E-state index in [9.17, 15) is 9.59 Å². The zero-order valence-corrected chi connectivity index (χ0v) is 19.8. The third-order valence-electron chi connectivity index (χ3n) is 5.05. The summed E-state index contributed by atoms with van der Waals surface area (Å²) in [6.07, 6.45) is 1.36. The van der Waals surface area contributed by atoms with Crippen LogP contribution in [0.2, 0.25) is 0 Å². The van der Waals surface area contributed by atoms with E-state index in [0.717, 1.165) is 24.0 Å². The molecule has 2 atom stereocenters. The molecule has 0 bridgehead atoms. The fourth-order valence-corrected chi connectivity index (χ4v) is 4.77. The number of halogens is 1. The Bertz CT molecular complexity index is 812. The molecule has 0 aliphatic carbocycles. The minimum Gasteiger partial charge on any atom is -0.444 e. The van der Waals surface area contributed by atoms with Crippen molar-refractivity contribution in [2.75, 3.05) is 6.54 Å². The van der Waals surface area contributed by atoms with Gasteiger partial charge in [-0.05, 0) is 44.7 Å². The third kappa shape index (κ3) is 5.74. The smallest absolute Gasteiger partial charge is 0.408 e. The summed E-state index contributed by atoms with van der Waals surface area (Å²) in [5.41, 5.74) is 1.30. The number of rotatable bonds is 5. The zero-order valence-electron chi connectivity index (χ0n) is 17.7. The lowest BCUT2D eigenvalue weighted by molar-refractivity contribution is -0.133. The second kappa shape index (κ2) is 9.81. The Labute approximate surface area is 192 Å². The van der Waals surface area contributed by atoms with Crippen LogP contribution in [0.4, 0.5) is 4.79 Å². The maximum atomic E-state index is 13.7. The number of likely N-dealkylation sites (tertiary alicyclic amines) is 1. The number of alkyl halides is 1. The number of hydrogen-bond donors (Lipinski definition) is 1. The molecule has 2 aromatic rings. The lowest BCUT2D eigenvalue weighted by Crippen LogP contribution is -2.53. The molecule has 5 nitrogen and oxygen atoms in total. The van der Waals surface area contributed by atoms with Gasteiger partial charge in [0.15, 0.2) is 0 Å². The summed E-state index contributed by atoms with van der Waals surface area (Å²) in [5, 5.41) is 2.91. The van der Waals surface area contributed by atoms with Crippen LogP contribution in [0.5, 0.6) is 0 Å². The average molecular weight is 520 g/mol. The summed E-state index contributed by atoms with van der Waals surface area (Å²) in [7, 11) is 0. The van der Waals surface area contributed by atoms with Crippen molar-refractivity contribution < 1.29 is 14.3 Å². The Balaban J connectivity index is 2.02. The van der Waals surface area contributed by atoms with E-state index in [0.29, 0.717) is 6.54 Å². The van der Waals surface area contributed by atoms with E-state index in [-0.39, 0.29) is 15.9 Å². The number of alkyl carbamates (subject to hydrolysis) is 1. The molecule has 0 saturated carbocycles. The van der Waals surface area contributed by atoms with Crippen molar-refractivity contribution in [2.45, 2.75) is 55.2 Å². The number of hydrogen-bond acceptors (Lipinski definition) is 3.